The number of allylic oxidation sites excluding steroid dienone is 10. The molecule has 192 valence electrons. The highest BCUT2D eigenvalue weighted by Gasteiger charge is 2.21. The summed E-state index contributed by atoms with van der Waals surface area (Å²) in [6.45, 7) is 34.1. The average Bonchev–Trinajstić information content (AvgIpc) is 2.78. The third-order valence-electron chi connectivity index (χ3n) is 4.50. The van der Waals surface area contributed by atoms with Crippen molar-refractivity contribution in [2.75, 3.05) is 0 Å². The van der Waals surface area contributed by atoms with E-state index >= 15 is 0 Å². The van der Waals surface area contributed by atoms with Crippen molar-refractivity contribution < 1.29 is 0 Å². The van der Waals surface area contributed by atoms with Gasteiger partial charge in [-0.15, -0.1) is 0 Å². The molecule has 0 bridgehead atoms. The summed E-state index contributed by atoms with van der Waals surface area (Å²) in [4.78, 5) is 2.63. The predicted molar refractivity (Wildman–Crippen MR) is 161 cm³/mol. The van der Waals surface area contributed by atoms with Crippen LogP contribution in [0.1, 0.15) is 111 Å². The molecule has 0 nitrogen and oxygen atoms in total. The molecule has 0 aliphatic heterocycles. The Morgan fingerprint density at radius 3 is 0.909 bits per heavy atom. The van der Waals surface area contributed by atoms with Crippen molar-refractivity contribution in [2.45, 2.75) is 111 Å². The molecular formula is C32H58S. The lowest BCUT2D eigenvalue weighted by Crippen LogP contribution is -2.12. The first-order chi connectivity index (χ1) is 15.3. The number of rotatable bonds is 2. The van der Waals surface area contributed by atoms with Gasteiger partial charge in [-0.2, -0.15) is 0 Å². The molecule has 33 heavy (non-hydrogen) atoms. The molecule has 0 radical (unpaired) electrons. The minimum atomic E-state index is 0.0605. The molecule has 0 fully saturated rings. The topological polar surface area (TPSA) is 0 Å². The van der Waals surface area contributed by atoms with Gasteiger partial charge in [-0.3, -0.25) is 0 Å². The number of thioether (sulfide) groups is 1. The van der Waals surface area contributed by atoms with E-state index < -0.39 is 0 Å². The van der Waals surface area contributed by atoms with Crippen LogP contribution in [-0.4, -0.2) is 0 Å². The highest BCUT2D eigenvalue weighted by molar-refractivity contribution is 8.07. The number of hydrogen-bond donors (Lipinski definition) is 0. The predicted octanol–water partition coefficient (Wildman–Crippen LogP) is 11.9. The van der Waals surface area contributed by atoms with E-state index in [9.17, 15) is 0 Å². The maximum atomic E-state index is 2.38. The molecule has 0 aromatic rings. The summed E-state index contributed by atoms with van der Waals surface area (Å²) in [5.41, 5.74) is 0.300. The van der Waals surface area contributed by atoms with Gasteiger partial charge in [0.2, 0.25) is 0 Å². The molecule has 0 amide bonds. The molecule has 0 N–H and O–H groups in total. The van der Waals surface area contributed by atoms with Gasteiger partial charge in [0.1, 0.15) is 0 Å². The van der Waals surface area contributed by atoms with Crippen molar-refractivity contribution in [3.05, 3.63) is 70.6 Å². The summed E-state index contributed by atoms with van der Waals surface area (Å²) in [5, 5.41) is 0. The number of hydrogen-bond acceptors (Lipinski definition) is 1. The van der Waals surface area contributed by atoms with E-state index in [4.69, 9.17) is 0 Å². The summed E-state index contributed by atoms with van der Waals surface area (Å²) in [7, 11) is 0. The molecule has 2 rings (SSSR count). The molecule has 1 heteroatoms. The Hall–Kier alpha value is -1.21. The van der Waals surface area contributed by atoms with Crippen molar-refractivity contribution in [3.63, 3.8) is 0 Å². The molecule has 0 aromatic heterocycles. The van der Waals surface area contributed by atoms with Crippen LogP contribution in [-0.2, 0) is 0 Å². The zero-order chi connectivity index (χ0) is 26.9. The maximum Gasteiger partial charge on any atom is 0.00875 e. The van der Waals surface area contributed by atoms with E-state index in [1.807, 2.05) is 67.2 Å². The lowest BCUT2D eigenvalue weighted by Gasteiger charge is -2.26. The fraction of sp³-hybridized carbons (Fsp3) is 0.625. The lowest BCUT2D eigenvalue weighted by atomic mass is 9.84. The summed E-state index contributed by atoms with van der Waals surface area (Å²) in [5.74, 6) is 0. The third-order valence-corrected chi connectivity index (χ3v) is 5.48. The van der Waals surface area contributed by atoms with Gasteiger partial charge >= 0.3 is 0 Å². The Morgan fingerprint density at radius 2 is 0.636 bits per heavy atom. The van der Waals surface area contributed by atoms with E-state index in [1.165, 1.54) is 9.81 Å². The van der Waals surface area contributed by atoms with Crippen molar-refractivity contribution >= 4 is 11.8 Å². The molecule has 0 unspecified atom stereocenters. The van der Waals surface area contributed by atoms with E-state index in [1.54, 1.807) is 0 Å². The quantitative estimate of drug-likeness (QED) is 0.358. The molecule has 2 aliphatic carbocycles. The second-order valence-corrected chi connectivity index (χ2v) is 11.0. The Kier molecular flexibility index (Phi) is 19.0. The van der Waals surface area contributed by atoms with E-state index in [0.717, 1.165) is 0 Å². The van der Waals surface area contributed by atoms with E-state index in [-0.39, 0.29) is 21.7 Å². The van der Waals surface area contributed by atoms with Crippen LogP contribution in [0.2, 0.25) is 0 Å². The molecular weight excluding hydrogens is 416 g/mol. The van der Waals surface area contributed by atoms with Crippen LogP contribution in [0.4, 0.5) is 0 Å². The van der Waals surface area contributed by atoms with Crippen molar-refractivity contribution in [1.29, 1.82) is 0 Å². The highest BCUT2D eigenvalue weighted by atomic mass is 32.2. The molecule has 0 saturated heterocycles. The maximum absolute atomic E-state index is 2.38. The van der Waals surface area contributed by atoms with Crippen LogP contribution in [0, 0.1) is 21.7 Å². The van der Waals surface area contributed by atoms with Gasteiger partial charge in [-0.25, -0.2) is 0 Å². The first-order valence-corrected chi connectivity index (χ1v) is 14.0. The second kappa shape index (κ2) is 17.3. The highest BCUT2D eigenvalue weighted by Crippen LogP contribution is 2.40. The van der Waals surface area contributed by atoms with Gasteiger partial charge in [0.25, 0.3) is 0 Å². The van der Waals surface area contributed by atoms with Gasteiger partial charge in [0.05, 0.1) is 0 Å². The minimum absolute atomic E-state index is 0.0605. The Labute approximate surface area is 214 Å². The van der Waals surface area contributed by atoms with Crippen LogP contribution in [0.5, 0.6) is 0 Å². The Bertz CT molecular complexity index is 626. The molecule has 0 heterocycles. The van der Waals surface area contributed by atoms with Crippen molar-refractivity contribution in [2.24, 2.45) is 21.7 Å². The van der Waals surface area contributed by atoms with E-state index in [0.29, 0.717) is 0 Å². The fourth-order valence-electron chi connectivity index (χ4n) is 2.75. The zero-order valence-electron chi connectivity index (χ0n) is 25.2. The van der Waals surface area contributed by atoms with Crippen molar-refractivity contribution in [3.8, 4) is 0 Å². The van der Waals surface area contributed by atoms with Crippen LogP contribution in [0.3, 0.4) is 0 Å². The first kappa shape index (κ1) is 36.4. The van der Waals surface area contributed by atoms with Gasteiger partial charge in [0.15, 0.2) is 0 Å². The monoisotopic (exact) mass is 474 g/mol. The SMILES string of the molecule is CC.CC.CC.CC.CC1(C)/C=C\C(SC2=C/C(C)(C)/C=C\C(C)(C)/C=C\2)=C/C(C)(C)/C=C\1. The van der Waals surface area contributed by atoms with Gasteiger partial charge < -0.3 is 0 Å². The first-order valence-electron chi connectivity index (χ1n) is 13.2. The van der Waals surface area contributed by atoms with Crippen LogP contribution < -0.4 is 0 Å². The standard InChI is InChI=1S/C24H34S.4C2H6/c1-21(2)11-9-19(17-23(5,6)15-13-21)25-20-10-12-22(3,4)14-16-24(7,8)18-20;4*1-2/h9-18H,1-8H3;4*1-2H3/b11-9-,12-10-,15-13-,16-14-,19-17+,20-18+;;;;. The van der Waals surface area contributed by atoms with Crippen molar-refractivity contribution in [1.82, 2.24) is 0 Å². The minimum Gasteiger partial charge on any atom is -0.0907 e. The Balaban J connectivity index is -0.00000101. The summed E-state index contributed by atoms with van der Waals surface area (Å²) in [6, 6.07) is 0. The third kappa shape index (κ3) is 17.0. The van der Waals surface area contributed by atoms with E-state index in [2.05, 4.69) is 116 Å². The second-order valence-electron chi connectivity index (χ2n) is 9.81. The lowest BCUT2D eigenvalue weighted by molar-refractivity contribution is 0.574. The summed E-state index contributed by atoms with van der Waals surface area (Å²) in [6.07, 6.45) is 23.2. The smallest absolute Gasteiger partial charge is 0.00875 e. The molecule has 0 atom stereocenters. The molecule has 0 saturated carbocycles. The van der Waals surface area contributed by atoms with Crippen LogP contribution in [0.15, 0.2) is 70.6 Å². The van der Waals surface area contributed by atoms with Crippen LogP contribution in [0.25, 0.3) is 0 Å². The fourth-order valence-corrected chi connectivity index (χ4v) is 4.02. The molecule has 2 aliphatic rings. The van der Waals surface area contributed by atoms with Gasteiger partial charge in [-0.05, 0) is 0 Å². The molecule has 0 aromatic carbocycles. The zero-order valence-corrected chi connectivity index (χ0v) is 26.0. The summed E-state index contributed by atoms with van der Waals surface area (Å²) < 4.78 is 0. The van der Waals surface area contributed by atoms with Gasteiger partial charge in [-0.1, -0.05) is 183 Å². The largest absolute Gasteiger partial charge is 0.0907 e. The molecule has 0 spiro atoms. The van der Waals surface area contributed by atoms with Crippen LogP contribution >= 0.6 is 11.8 Å². The Morgan fingerprint density at radius 1 is 0.394 bits per heavy atom. The normalized spacial score (nSPS) is 27.5. The average molecular weight is 475 g/mol. The summed E-state index contributed by atoms with van der Waals surface area (Å²) >= 11 is 1.87. The van der Waals surface area contributed by atoms with Gasteiger partial charge in [0, 0.05) is 31.5 Å².